The van der Waals surface area contributed by atoms with E-state index >= 15 is 0 Å². The summed E-state index contributed by atoms with van der Waals surface area (Å²) in [5.74, 6) is 0.524. The van der Waals surface area contributed by atoms with Crippen LogP contribution in [0.1, 0.15) is 57.4 Å². The van der Waals surface area contributed by atoms with Crippen LogP contribution in [0.4, 0.5) is 0 Å². The molecule has 2 aliphatic heterocycles. The molecule has 214 valence electrons. The number of unbranched alkanes of at least 4 members (excludes halogenated alkanes) is 1. The minimum absolute atomic E-state index is 0.0440. The van der Waals surface area contributed by atoms with E-state index in [-0.39, 0.29) is 17.7 Å². The van der Waals surface area contributed by atoms with Gasteiger partial charge in [0.15, 0.2) is 14.6 Å². The Morgan fingerprint density at radius 1 is 0.897 bits per heavy atom. The van der Waals surface area contributed by atoms with Crippen LogP contribution in [0.5, 0.6) is 11.5 Å². The maximum absolute atomic E-state index is 13.7. The van der Waals surface area contributed by atoms with Crippen molar-refractivity contribution in [3.63, 3.8) is 0 Å². The molecule has 2 saturated heterocycles. The van der Waals surface area contributed by atoms with Crippen molar-refractivity contribution in [2.75, 3.05) is 39.5 Å². The molecule has 4 rings (SSSR count). The first-order valence-electron chi connectivity index (χ1n) is 14.0. The normalized spacial score (nSPS) is 18.4. The number of carbonyl (C=O) groups excluding carboxylic acids is 1. The lowest BCUT2D eigenvalue weighted by atomic mass is 9.94. The van der Waals surface area contributed by atoms with Crippen LogP contribution < -0.4 is 15.0 Å². The highest BCUT2D eigenvalue weighted by atomic mass is 32.2. The van der Waals surface area contributed by atoms with E-state index in [1.165, 1.54) is 31.4 Å². The number of sulfone groups is 1. The summed E-state index contributed by atoms with van der Waals surface area (Å²) in [6.45, 7) is 6.82. The van der Waals surface area contributed by atoms with Crippen LogP contribution in [0.2, 0.25) is 0 Å². The summed E-state index contributed by atoms with van der Waals surface area (Å²) in [7, 11) is -4.07. The molecule has 2 fully saturated rings. The van der Waals surface area contributed by atoms with E-state index in [0.29, 0.717) is 38.7 Å². The number of hydrogen-bond acceptors (Lipinski definition) is 8. The highest BCUT2D eigenvalue weighted by Crippen LogP contribution is 2.37. The van der Waals surface area contributed by atoms with Gasteiger partial charge < -0.3 is 9.47 Å². The van der Waals surface area contributed by atoms with Crippen molar-refractivity contribution in [1.82, 2.24) is 15.3 Å². The second-order valence-electron chi connectivity index (χ2n) is 10.5. The number of hydrogen-bond donors (Lipinski definition) is 2. The molecule has 39 heavy (non-hydrogen) atoms. The Morgan fingerprint density at radius 3 is 2.13 bits per heavy atom. The second-order valence-corrected chi connectivity index (χ2v) is 12.7. The van der Waals surface area contributed by atoms with Gasteiger partial charge in [0.05, 0.1) is 11.5 Å². The summed E-state index contributed by atoms with van der Waals surface area (Å²) in [5, 5.41) is 9.47. The predicted octanol–water partition coefficient (Wildman–Crippen LogP) is 4.00. The number of piperidine rings is 2. The van der Waals surface area contributed by atoms with Crippen LogP contribution in [-0.4, -0.2) is 73.6 Å². The molecule has 0 aliphatic carbocycles. The molecule has 0 aromatic heterocycles. The standard InChI is InChI=1S/C29H41N3O6S/c1-2-3-21-37-25-11-13-27(14-12-25)39(35,36)29(28(33)30-34)15-19-31(20-16-29)22-24-7-9-26(10-8-24)38-23-32-17-5-4-6-18-32/h7-14,34H,2-6,15-23H2,1H3,(H,30,33). The molecule has 2 N–H and O–H groups in total. The van der Waals surface area contributed by atoms with Crippen molar-refractivity contribution in [1.29, 1.82) is 0 Å². The Balaban J connectivity index is 1.36. The number of hydroxylamine groups is 1. The Bertz CT molecular complexity index is 1160. The van der Waals surface area contributed by atoms with Gasteiger partial charge in [0, 0.05) is 32.7 Å². The molecule has 2 aromatic rings. The number of rotatable bonds is 12. The molecule has 0 saturated carbocycles. The third-order valence-electron chi connectivity index (χ3n) is 7.79. The summed E-state index contributed by atoms with van der Waals surface area (Å²) < 4.78 is 37.3. The lowest BCUT2D eigenvalue weighted by Gasteiger charge is -2.39. The van der Waals surface area contributed by atoms with Crippen molar-refractivity contribution in [2.45, 2.75) is 68.1 Å². The fourth-order valence-corrected chi connectivity index (χ4v) is 7.23. The zero-order chi connectivity index (χ0) is 27.7. The van der Waals surface area contributed by atoms with E-state index in [0.717, 1.165) is 37.2 Å². The number of benzene rings is 2. The quantitative estimate of drug-likeness (QED) is 0.228. The van der Waals surface area contributed by atoms with E-state index in [4.69, 9.17) is 9.47 Å². The minimum atomic E-state index is -4.07. The van der Waals surface area contributed by atoms with Crippen LogP contribution in [0.15, 0.2) is 53.4 Å². The number of amides is 1. The summed E-state index contributed by atoms with van der Waals surface area (Å²) in [6, 6.07) is 14.2. The average Bonchev–Trinajstić information content (AvgIpc) is 2.97. The molecule has 0 atom stereocenters. The fraction of sp³-hybridized carbons (Fsp3) is 0.552. The van der Waals surface area contributed by atoms with Gasteiger partial charge in [-0.1, -0.05) is 31.9 Å². The second kappa shape index (κ2) is 13.6. The number of nitrogens with zero attached hydrogens (tertiary/aromatic N) is 2. The first kappa shape index (κ1) is 29.3. The first-order valence-corrected chi connectivity index (χ1v) is 15.4. The van der Waals surface area contributed by atoms with Gasteiger partial charge in [-0.3, -0.25) is 19.8 Å². The van der Waals surface area contributed by atoms with E-state index in [1.54, 1.807) is 17.6 Å². The highest BCUT2D eigenvalue weighted by Gasteiger charge is 2.52. The smallest absolute Gasteiger partial charge is 0.265 e. The molecule has 0 unspecified atom stereocenters. The third kappa shape index (κ3) is 7.11. The van der Waals surface area contributed by atoms with Gasteiger partial charge in [-0.2, -0.15) is 0 Å². The van der Waals surface area contributed by atoms with E-state index in [9.17, 15) is 18.4 Å². The first-order chi connectivity index (χ1) is 18.9. The van der Waals surface area contributed by atoms with Gasteiger partial charge in [0.25, 0.3) is 5.91 Å². The van der Waals surface area contributed by atoms with Crippen molar-refractivity contribution < 1.29 is 27.9 Å². The van der Waals surface area contributed by atoms with Gasteiger partial charge in [-0.05, 0) is 74.1 Å². The van der Waals surface area contributed by atoms with E-state index in [2.05, 4.69) is 16.7 Å². The number of nitrogens with one attached hydrogen (secondary N) is 1. The van der Waals surface area contributed by atoms with Crippen LogP contribution in [-0.2, 0) is 21.2 Å². The molecule has 10 heteroatoms. The summed E-state index contributed by atoms with van der Waals surface area (Å²) in [6.07, 6.45) is 5.80. The fourth-order valence-electron chi connectivity index (χ4n) is 5.27. The largest absolute Gasteiger partial charge is 0.494 e. The Morgan fingerprint density at radius 2 is 1.51 bits per heavy atom. The topological polar surface area (TPSA) is 108 Å². The van der Waals surface area contributed by atoms with Crippen LogP contribution in [0.25, 0.3) is 0 Å². The molecule has 1 amide bonds. The highest BCUT2D eigenvalue weighted by molar-refractivity contribution is 7.93. The zero-order valence-corrected chi connectivity index (χ0v) is 23.6. The van der Waals surface area contributed by atoms with Gasteiger partial charge in [0.2, 0.25) is 0 Å². The molecule has 9 nitrogen and oxygen atoms in total. The molecule has 2 aromatic carbocycles. The lowest BCUT2D eigenvalue weighted by Crippen LogP contribution is -2.57. The molecule has 2 heterocycles. The lowest BCUT2D eigenvalue weighted by molar-refractivity contribution is -0.133. The maximum Gasteiger partial charge on any atom is 0.265 e. The summed E-state index contributed by atoms with van der Waals surface area (Å²) in [4.78, 5) is 17.3. The van der Waals surface area contributed by atoms with Crippen molar-refractivity contribution >= 4 is 15.7 Å². The number of ether oxygens (including phenoxy) is 2. The van der Waals surface area contributed by atoms with E-state index < -0.39 is 20.5 Å². The number of likely N-dealkylation sites (tertiary alicyclic amines) is 2. The molecule has 0 bridgehead atoms. The minimum Gasteiger partial charge on any atom is -0.494 e. The van der Waals surface area contributed by atoms with Crippen molar-refractivity contribution in [3.05, 3.63) is 54.1 Å². The van der Waals surface area contributed by atoms with E-state index in [1.807, 2.05) is 24.3 Å². The van der Waals surface area contributed by atoms with Crippen molar-refractivity contribution in [2.24, 2.45) is 0 Å². The van der Waals surface area contributed by atoms with Gasteiger partial charge in [0.1, 0.15) is 18.2 Å². The Kier molecular flexibility index (Phi) is 10.2. The molecular formula is C29H41N3O6S. The monoisotopic (exact) mass is 559 g/mol. The molecule has 0 radical (unpaired) electrons. The Labute approximate surface area is 232 Å². The van der Waals surface area contributed by atoms with Crippen LogP contribution in [0, 0.1) is 0 Å². The maximum atomic E-state index is 13.7. The average molecular weight is 560 g/mol. The SMILES string of the molecule is CCCCOc1ccc(S(=O)(=O)C2(C(=O)NO)CCN(Cc3ccc(OCN4CCCCC4)cc3)CC2)cc1. The van der Waals surface area contributed by atoms with Gasteiger partial charge in [-0.15, -0.1) is 0 Å². The zero-order valence-electron chi connectivity index (χ0n) is 22.8. The summed E-state index contributed by atoms with van der Waals surface area (Å²) in [5.41, 5.74) is 2.71. The molecule has 2 aliphatic rings. The molecule has 0 spiro atoms. The van der Waals surface area contributed by atoms with Gasteiger partial charge >= 0.3 is 0 Å². The third-order valence-corrected chi connectivity index (χ3v) is 10.3. The van der Waals surface area contributed by atoms with Crippen molar-refractivity contribution in [3.8, 4) is 11.5 Å². The Hall–Kier alpha value is -2.66. The van der Waals surface area contributed by atoms with Crippen LogP contribution >= 0.6 is 0 Å². The summed E-state index contributed by atoms with van der Waals surface area (Å²) >= 11 is 0. The van der Waals surface area contributed by atoms with Gasteiger partial charge in [-0.25, -0.2) is 13.9 Å². The molecular weight excluding hydrogens is 518 g/mol. The van der Waals surface area contributed by atoms with Crippen LogP contribution in [0.3, 0.4) is 0 Å². The predicted molar refractivity (Wildman–Crippen MR) is 149 cm³/mol. The number of carbonyl (C=O) groups is 1.